The van der Waals surface area contributed by atoms with Crippen LogP contribution >= 0.6 is 0 Å². The maximum atomic E-state index is 5.95. The first-order valence-corrected chi connectivity index (χ1v) is 7.41. The summed E-state index contributed by atoms with van der Waals surface area (Å²) in [7, 11) is 1.67. The van der Waals surface area contributed by atoms with Gasteiger partial charge in [0.1, 0.15) is 11.4 Å². The highest BCUT2D eigenvalue weighted by Gasteiger charge is 2.11. The van der Waals surface area contributed by atoms with E-state index in [0.717, 1.165) is 23.6 Å². The number of anilines is 1. The van der Waals surface area contributed by atoms with Crippen LogP contribution in [-0.2, 0) is 6.54 Å². The summed E-state index contributed by atoms with van der Waals surface area (Å²) in [5, 5.41) is 8.39. The van der Waals surface area contributed by atoms with E-state index in [4.69, 9.17) is 10.5 Å². The van der Waals surface area contributed by atoms with Gasteiger partial charge in [0.25, 0.3) is 0 Å². The summed E-state index contributed by atoms with van der Waals surface area (Å²) in [6, 6.07) is 9.83. The van der Waals surface area contributed by atoms with Crippen molar-refractivity contribution in [1.82, 2.24) is 20.0 Å². The summed E-state index contributed by atoms with van der Waals surface area (Å²) in [6.45, 7) is 2.89. The predicted molar refractivity (Wildman–Crippen MR) is 89.1 cm³/mol. The fourth-order valence-electron chi connectivity index (χ4n) is 2.45. The van der Waals surface area contributed by atoms with Crippen LogP contribution in [0.3, 0.4) is 0 Å². The smallest absolute Gasteiger partial charge is 0.118 e. The summed E-state index contributed by atoms with van der Waals surface area (Å²) in [5.74, 6) is 1.16. The van der Waals surface area contributed by atoms with Crippen LogP contribution in [0, 0.1) is 0 Å². The van der Waals surface area contributed by atoms with E-state index < -0.39 is 0 Å². The number of aromatic nitrogens is 4. The van der Waals surface area contributed by atoms with Crippen molar-refractivity contribution in [2.24, 2.45) is 0 Å². The van der Waals surface area contributed by atoms with Gasteiger partial charge in [-0.05, 0) is 23.8 Å². The third-order valence-electron chi connectivity index (χ3n) is 3.82. The van der Waals surface area contributed by atoms with Gasteiger partial charge in [-0.25, -0.2) is 0 Å². The molecule has 1 atom stereocenters. The third kappa shape index (κ3) is 3.31. The predicted octanol–water partition coefficient (Wildman–Crippen LogP) is 2.73. The van der Waals surface area contributed by atoms with Gasteiger partial charge in [-0.3, -0.25) is 9.67 Å². The Morgan fingerprint density at radius 1 is 1.22 bits per heavy atom. The summed E-state index contributed by atoms with van der Waals surface area (Å²) in [6.07, 6.45) is 5.26. The van der Waals surface area contributed by atoms with Crippen LogP contribution in [-0.4, -0.2) is 27.1 Å². The average molecular weight is 309 g/mol. The second-order valence-electron chi connectivity index (χ2n) is 5.46. The molecule has 6 nitrogen and oxygen atoms in total. The number of rotatable bonds is 5. The van der Waals surface area contributed by atoms with Crippen molar-refractivity contribution < 1.29 is 4.74 Å². The molecule has 0 aliphatic heterocycles. The molecule has 0 bridgehead atoms. The number of ether oxygens (including phenoxy) is 1. The van der Waals surface area contributed by atoms with E-state index in [-0.39, 0.29) is 0 Å². The van der Waals surface area contributed by atoms with E-state index in [1.807, 2.05) is 23.0 Å². The molecular formula is C17H19N5O. The Morgan fingerprint density at radius 2 is 2.00 bits per heavy atom. The van der Waals surface area contributed by atoms with Crippen LogP contribution in [0.4, 0.5) is 5.69 Å². The Kier molecular flexibility index (Phi) is 4.23. The van der Waals surface area contributed by atoms with E-state index in [1.165, 1.54) is 5.56 Å². The fourth-order valence-corrected chi connectivity index (χ4v) is 2.45. The van der Waals surface area contributed by atoms with E-state index in [0.29, 0.717) is 11.6 Å². The molecule has 6 heteroatoms. The molecule has 2 aromatic heterocycles. The molecule has 0 fully saturated rings. The molecule has 0 saturated carbocycles. The molecule has 0 saturated heterocycles. The third-order valence-corrected chi connectivity index (χ3v) is 3.82. The van der Waals surface area contributed by atoms with Gasteiger partial charge in [0.2, 0.25) is 0 Å². The molecule has 3 aromatic rings. The van der Waals surface area contributed by atoms with Gasteiger partial charge in [-0.1, -0.05) is 24.3 Å². The molecule has 0 aliphatic carbocycles. The van der Waals surface area contributed by atoms with Crippen molar-refractivity contribution in [1.29, 1.82) is 0 Å². The first kappa shape index (κ1) is 15.0. The van der Waals surface area contributed by atoms with Gasteiger partial charge in [0.05, 0.1) is 13.3 Å². The number of benzene rings is 1. The first-order valence-electron chi connectivity index (χ1n) is 7.41. The lowest BCUT2D eigenvalue weighted by Crippen LogP contribution is -2.07. The Morgan fingerprint density at radius 3 is 2.70 bits per heavy atom. The Hall–Kier alpha value is -2.89. The van der Waals surface area contributed by atoms with Crippen LogP contribution in [0.15, 0.2) is 48.9 Å². The number of nitrogens with zero attached hydrogens (tertiary/aromatic N) is 4. The van der Waals surface area contributed by atoms with Gasteiger partial charge in [-0.15, -0.1) is 5.10 Å². The molecular weight excluding hydrogens is 290 g/mol. The van der Waals surface area contributed by atoms with E-state index in [1.54, 1.807) is 25.6 Å². The zero-order chi connectivity index (χ0) is 16.2. The molecule has 1 unspecified atom stereocenters. The zero-order valence-corrected chi connectivity index (χ0v) is 13.2. The standard InChI is InChI=1S/C17H19N5O/c1-12(13-3-5-14(23-2)6-4-13)10-22-11-17(20-21-22)15-9-19-8-7-16(15)18/h3-9,11-12H,10H2,1-2H3,(H2,18,19). The average Bonchev–Trinajstić information content (AvgIpc) is 3.03. The molecule has 2 heterocycles. The topological polar surface area (TPSA) is 78.9 Å². The molecule has 0 spiro atoms. The van der Waals surface area contributed by atoms with Crippen LogP contribution in [0.2, 0.25) is 0 Å². The number of nitrogens with two attached hydrogens (primary N) is 1. The van der Waals surface area contributed by atoms with Crippen molar-refractivity contribution in [2.45, 2.75) is 19.4 Å². The van der Waals surface area contributed by atoms with Crippen molar-refractivity contribution >= 4 is 5.69 Å². The van der Waals surface area contributed by atoms with Crippen LogP contribution in [0.25, 0.3) is 11.3 Å². The summed E-state index contributed by atoms with van der Waals surface area (Å²) in [5.41, 5.74) is 9.36. The molecule has 0 amide bonds. The van der Waals surface area contributed by atoms with Gasteiger partial charge in [0, 0.05) is 36.1 Å². The minimum absolute atomic E-state index is 0.307. The summed E-state index contributed by atoms with van der Waals surface area (Å²) in [4.78, 5) is 4.09. The second kappa shape index (κ2) is 6.48. The van der Waals surface area contributed by atoms with Crippen molar-refractivity contribution in [3.8, 4) is 17.0 Å². The molecule has 23 heavy (non-hydrogen) atoms. The van der Waals surface area contributed by atoms with Crippen LogP contribution in [0.5, 0.6) is 5.75 Å². The molecule has 1 aromatic carbocycles. The number of nitrogen functional groups attached to an aromatic ring is 1. The number of pyridine rings is 1. The highest BCUT2D eigenvalue weighted by molar-refractivity contribution is 5.71. The van der Waals surface area contributed by atoms with Gasteiger partial charge >= 0.3 is 0 Å². The molecule has 2 N–H and O–H groups in total. The largest absolute Gasteiger partial charge is 0.497 e. The Bertz CT molecular complexity index is 782. The lowest BCUT2D eigenvalue weighted by Gasteiger charge is -2.12. The highest BCUT2D eigenvalue weighted by Crippen LogP contribution is 2.24. The van der Waals surface area contributed by atoms with E-state index in [2.05, 4.69) is 34.4 Å². The SMILES string of the molecule is COc1ccc(C(C)Cn2cc(-c3cnccc3N)nn2)cc1. The molecule has 0 aliphatic rings. The second-order valence-corrected chi connectivity index (χ2v) is 5.46. The lowest BCUT2D eigenvalue weighted by atomic mass is 10.0. The fraction of sp³-hybridized carbons (Fsp3) is 0.235. The summed E-state index contributed by atoms with van der Waals surface area (Å²) >= 11 is 0. The van der Waals surface area contributed by atoms with Gasteiger partial charge in [-0.2, -0.15) is 0 Å². The van der Waals surface area contributed by atoms with Gasteiger partial charge in [0.15, 0.2) is 0 Å². The number of hydrogen-bond acceptors (Lipinski definition) is 5. The molecule has 3 rings (SSSR count). The van der Waals surface area contributed by atoms with Crippen LogP contribution in [0.1, 0.15) is 18.4 Å². The van der Waals surface area contributed by atoms with Crippen molar-refractivity contribution in [3.05, 3.63) is 54.5 Å². The number of hydrogen-bond donors (Lipinski definition) is 1. The number of methoxy groups -OCH3 is 1. The van der Waals surface area contributed by atoms with Gasteiger partial charge < -0.3 is 10.5 Å². The molecule has 118 valence electrons. The highest BCUT2D eigenvalue weighted by atomic mass is 16.5. The van der Waals surface area contributed by atoms with Crippen LogP contribution < -0.4 is 10.5 Å². The Balaban J connectivity index is 1.74. The van der Waals surface area contributed by atoms with Crippen molar-refractivity contribution in [2.75, 3.05) is 12.8 Å². The summed E-state index contributed by atoms with van der Waals surface area (Å²) < 4.78 is 7.02. The Labute approximate surface area is 134 Å². The quantitative estimate of drug-likeness (QED) is 0.784. The monoisotopic (exact) mass is 309 g/mol. The van der Waals surface area contributed by atoms with E-state index in [9.17, 15) is 0 Å². The maximum Gasteiger partial charge on any atom is 0.118 e. The maximum absolute atomic E-state index is 5.95. The van der Waals surface area contributed by atoms with E-state index >= 15 is 0 Å². The normalized spacial score (nSPS) is 12.1. The lowest BCUT2D eigenvalue weighted by molar-refractivity contribution is 0.414. The minimum atomic E-state index is 0.307. The zero-order valence-electron chi connectivity index (χ0n) is 13.2. The van der Waals surface area contributed by atoms with Crippen molar-refractivity contribution in [3.63, 3.8) is 0 Å². The minimum Gasteiger partial charge on any atom is -0.497 e. The molecule has 0 radical (unpaired) electrons. The first-order chi connectivity index (χ1) is 11.2.